The summed E-state index contributed by atoms with van der Waals surface area (Å²) in [4.78, 5) is 12.0. The molecule has 5 nitrogen and oxygen atoms in total. The van der Waals surface area contributed by atoms with Crippen molar-refractivity contribution >= 4 is 24.0 Å². The minimum atomic E-state index is -0.271. The highest BCUT2D eigenvalue weighted by atomic mass is 35.5. The number of hydrogen-bond donors (Lipinski definition) is 2. The summed E-state index contributed by atoms with van der Waals surface area (Å²) < 4.78 is 10.8. The summed E-state index contributed by atoms with van der Waals surface area (Å²) >= 11 is 0. The molecule has 0 spiro atoms. The Morgan fingerprint density at radius 2 is 2.14 bits per heavy atom. The zero-order chi connectivity index (χ0) is 14.4. The lowest BCUT2D eigenvalue weighted by atomic mass is 10.2. The Bertz CT molecular complexity index is 431. The van der Waals surface area contributed by atoms with Gasteiger partial charge in [-0.25, -0.2) is 0 Å². The van der Waals surface area contributed by atoms with Gasteiger partial charge in [0.2, 0.25) is 5.91 Å². The number of morpholine rings is 1. The lowest BCUT2D eigenvalue weighted by molar-refractivity contribution is -0.120. The molecular weight excluding hydrogens is 292 g/mol. The Kier molecular flexibility index (Phi) is 7.67. The van der Waals surface area contributed by atoms with Crippen molar-refractivity contribution < 1.29 is 14.3 Å². The largest absolute Gasteiger partial charge is 0.378 e. The van der Waals surface area contributed by atoms with Gasteiger partial charge in [0.25, 0.3) is 0 Å². The second kappa shape index (κ2) is 9.00. The van der Waals surface area contributed by atoms with Crippen LogP contribution in [0.2, 0.25) is 0 Å². The summed E-state index contributed by atoms with van der Waals surface area (Å²) in [6.45, 7) is 6.40. The van der Waals surface area contributed by atoms with Crippen molar-refractivity contribution in [3.05, 3.63) is 29.8 Å². The first-order valence-electron chi connectivity index (χ1n) is 6.97. The zero-order valence-corrected chi connectivity index (χ0v) is 13.2. The topological polar surface area (TPSA) is 59.6 Å². The number of amides is 1. The first-order chi connectivity index (χ1) is 9.65. The van der Waals surface area contributed by atoms with Crippen LogP contribution in [0, 0.1) is 0 Å². The molecule has 1 heterocycles. The van der Waals surface area contributed by atoms with Crippen molar-refractivity contribution in [2.45, 2.75) is 32.6 Å². The molecule has 1 aromatic carbocycles. The Morgan fingerprint density at radius 1 is 1.43 bits per heavy atom. The second-order valence-electron chi connectivity index (χ2n) is 5.13. The minimum Gasteiger partial charge on any atom is -0.378 e. The van der Waals surface area contributed by atoms with Crippen molar-refractivity contribution in [3.8, 4) is 0 Å². The Morgan fingerprint density at radius 3 is 2.71 bits per heavy atom. The quantitative estimate of drug-likeness (QED) is 0.872. The molecule has 2 N–H and O–H groups in total. The normalized spacial score (nSPS) is 18.1. The molecule has 0 saturated carbocycles. The van der Waals surface area contributed by atoms with E-state index in [0.29, 0.717) is 26.4 Å². The van der Waals surface area contributed by atoms with Crippen LogP contribution in [0.4, 0.5) is 5.69 Å². The second-order valence-corrected chi connectivity index (χ2v) is 5.13. The highest BCUT2D eigenvalue weighted by molar-refractivity contribution is 5.95. The highest BCUT2D eigenvalue weighted by Gasteiger charge is 2.20. The number of ether oxygens (including phenoxy) is 2. The number of benzene rings is 1. The maximum absolute atomic E-state index is 12.0. The molecular formula is C15H23ClN2O3. The molecule has 1 amide bonds. The SMILES string of the molecule is CC(C)OCc1ccc(NC(=O)C2COCCN2)cc1.Cl. The van der Waals surface area contributed by atoms with Crippen molar-refractivity contribution in [2.24, 2.45) is 0 Å². The van der Waals surface area contributed by atoms with Crippen LogP contribution >= 0.6 is 12.4 Å². The lowest BCUT2D eigenvalue weighted by Crippen LogP contribution is -2.48. The molecule has 0 aromatic heterocycles. The van der Waals surface area contributed by atoms with Crippen LogP contribution in [0.5, 0.6) is 0 Å². The van der Waals surface area contributed by atoms with Gasteiger partial charge in [-0.15, -0.1) is 12.4 Å². The van der Waals surface area contributed by atoms with Crippen LogP contribution in [0.25, 0.3) is 0 Å². The van der Waals surface area contributed by atoms with Crippen LogP contribution in [0.1, 0.15) is 19.4 Å². The van der Waals surface area contributed by atoms with Gasteiger partial charge < -0.3 is 20.1 Å². The van der Waals surface area contributed by atoms with E-state index in [1.165, 1.54) is 0 Å². The van der Waals surface area contributed by atoms with Crippen LogP contribution in [-0.4, -0.2) is 37.8 Å². The molecule has 6 heteroatoms. The van der Waals surface area contributed by atoms with Crippen LogP contribution < -0.4 is 10.6 Å². The average Bonchev–Trinajstić information content (AvgIpc) is 2.47. The fourth-order valence-electron chi connectivity index (χ4n) is 1.91. The third kappa shape index (κ3) is 6.01. The molecule has 21 heavy (non-hydrogen) atoms. The Hall–Kier alpha value is -1.14. The number of carbonyl (C=O) groups is 1. The molecule has 1 fully saturated rings. The van der Waals surface area contributed by atoms with E-state index in [9.17, 15) is 4.79 Å². The van der Waals surface area contributed by atoms with Gasteiger partial charge in [-0.05, 0) is 31.5 Å². The van der Waals surface area contributed by atoms with E-state index >= 15 is 0 Å². The zero-order valence-electron chi connectivity index (χ0n) is 12.4. The number of nitrogens with one attached hydrogen (secondary N) is 2. The molecule has 0 aliphatic carbocycles. The predicted molar refractivity (Wildman–Crippen MR) is 84.9 cm³/mol. The van der Waals surface area contributed by atoms with E-state index in [1.54, 1.807) is 0 Å². The van der Waals surface area contributed by atoms with Gasteiger partial charge in [0, 0.05) is 12.2 Å². The molecule has 1 aliphatic rings. The van der Waals surface area contributed by atoms with E-state index in [4.69, 9.17) is 9.47 Å². The van der Waals surface area contributed by atoms with Crippen molar-refractivity contribution in [3.63, 3.8) is 0 Å². The van der Waals surface area contributed by atoms with Gasteiger partial charge in [-0.1, -0.05) is 12.1 Å². The predicted octanol–water partition coefficient (Wildman–Crippen LogP) is 1.96. The van der Waals surface area contributed by atoms with Crippen LogP contribution in [0.15, 0.2) is 24.3 Å². The van der Waals surface area contributed by atoms with E-state index in [-0.39, 0.29) is 30.5 Å². The maximum Gasteiger partial charge on any atom is 0.243 e. The third-order valence-electron chi connectivity index (χ3n) is 3.04. The summed E-state index contributed by atoms with van der Waals surface area (Å²) in [6.07, 6.45) is 0.215. The van der Waals surface area contributed by atoms with E-state index in [1.807, 2.05) is 38.1 Å². The van der Waals surface area contributed by atoms with Gasteiger partial charge in [-0.3, -0.25) is 4.79 Å². The van der Waals surface area contributed by atoms with Gasteiger partial charge in [-0.2, -0.15) is 0 Å². The number of anilines is 1. The fraction of sp³-hybridized carbons (Fsp3) is 0.533. The number of hydrogen-bond acceptors (Lipinski definition) is 4. The molecule has 0 bridgehead atoms. The van der Waals surface area contributed by atoms with Crippen LogP contribution in [0.3, 0.4) is 0 Å². The third-order valence-corrected chi connectivity index (χ3v) is 3.04. The Balaban J connectivity index is 0.00000220. The molecule has 1 aliphatic heterocycles. The smallest absolute Gasteiger partial charge is 0.243 e. The van der Waals surface area contributed by atoms with Crippen molar-refractivity contribution in [2.75, 3.05) is 25.1 Å². The van der Waals surface area contributed by atoms with E-state index in [0.717, 1.165) is 11.3 Å². The monoisotopic (exact) mass is 314 g/mol. The van der Waals surface area contributed by atoms with Crippen LogP contribution in [-0.2, 0) is 20.9 Å². The van der Waals surface area contributed by atoms with Gasteiger partial charge in [0.15, 0.2) is 0 Å². The van der Waals surface area contributed by atoms with Crippen molar-refractivity contribution in [1.29, 1.82) is 0 Å². The fourth-order valence-corrected chi connectivity index (χ4v) is 1.91. The molecule has 118 valence electrons. The molecule has 1 atom stereocenters. The number of halogens is 1. The summed E-state index contributed by atoms with van der Waals surface area (Å²) in [5, 5.41) is 6.01. The summed E-state index contributed by atoms with van der Waals surface area (Å²) in [5.41, 5.74) is 1.88. The first-order valence-corrected chi connectivity index (χ1v) is 6.97. The van der Waals surface area contributed by atoms with Crippen molar-refractivity contribution in [1.82, 2.24) is 5.32 Å². The average molecular weight is 315 g/mol. The van der Waals surface area contributed by atoms with Gasteiger partial charge in [0.1, 0.15) is 6.04 Å². The summed E-state index contributed by atoms with van der Waals surface area (Å²) in [5.74, 6) is -0.0594. The highest BCUT2D eigenvalue weighted by Crippen LogP contribution is 2.12. The lowest BCUT2D eigenvalue weighted by Gasteiger charge is -2.22. The molecule has 2 rings (SSSR count). The standard InChI is InChI=1S/C15H22N2O3.ClH/c1-11(2)20-9-12-3-5-13(6-4-12)17-15(18)14-10-19-8-7-16-14;/h3-6,11,14,16H,7-10H2,1-2H3,(H,17,18);1H. The molecule has 1 saturated heterocycles. The number of rotatable bonds is 5. The maximum atomic E-state index is 12.0. The molecule has 0 radical (unpaired) electrons. The van der Waals surface area contributed by atoms with E-state index in [2.05, 4.69) is 10.6 Å². The molecule has 1 unspecified atom stereocenters. The van der Waals surface area contributed by atoms with Gasteiger partial charge >= 0.3 is 0 Å². The Labute approximate surface area is 131 Å². The first kappa shape index (κ1) is 17.9. The summed E-state index contributed by atoms with van der Waals surface area (Å²) in [7, 11) is 0. The molecule has 1 aromatic rings. The number of carbonyl (C=O) groups excluding carboxylic acids is 1. The van der Waals surface area contributed by atoms with Gasteiger partial charge in [0.05, 0.1) is 25.9 Å². The summed E-state index contributed by atoms with van der Waals surface area (Å²) in [6, 6.07) is 7.43. The van der Waals surface area contributed by atoms with E-state index < -0.39 is 0 Å². The minimum absolute atomic E-state index is 0.